The van der Waals surface area contributed by atoms with E-state index >= 15 is 0 Å². The zero-order valence-electron chi connectivity index (χ0n) is 19.2. The summed E-state index contributed by atoms with van der Waals surface area (Å²) in [6.45, 7) is 3.91. The first-order chi connectivity index (χ1) is 16.3. The Balaban J connectivity index is 2.04. The van der Waals surface area contributed by atoms with Crippen LogP contribution in [0.4, 0.5) is 0 Å². The second-order valence-corrected chi connectivity index (χ2v) is 7.79. The largest absolute Gasteiger partial charge is 0.431 e. The number of ether oxygens (including phenoxy) is 4. The summed E-state index contributed by atoms with van der Waals surface area (Å²) in [5, 5.41) is 0.483. The smallest absolute Gasteiger partial charge is 0.308 e. The summed E-state index contributed by atoms with van der Waals surface area (Å²) >= 11 is 0. The fraction of sp³-hybridized carbons (Fsp3) is 0.231. The fourth-order valence-corrected chi connectivity index (χ4v) is 3.99. The second-order valence-electron chi connectivity index (χ2n) is 7.79. The number of hydrogen-bond acceptors (Lipinski definition) is 8. The van der Waals surface area contributed by atoms with Gasteiger partial charge in [-0.25, -0.2) is 4.98 Å². The maximum Gasteiger partial charge on any atom is 0.308 e. The molecule has 0 spiro atoms. The molecule has 8 heteroatoms. The molecule has 1 aliphatic carbocycles. The molecule has 1 aliphatic rings. The van der Waals surface area contributed by atoms with E-state index in [4.69, 9.17) is 23.9 Å². The van der Waals surface area contributed by atoms with Gasteiger partial charge in [-0.15, -0.1) is 0 Å². The zero-order chi connectivity index (χ0) is 24.4. The Morgan fingerprint density at radius 2 is 1.59 bits per heavy atom. The van der Waals surface area contributed by atoms with Gasteiger partial charge in [0, 0.05) is 56.9 Å². The van der Waals surface area contributed by atoms with Gasteiger partial charge in [0.1, 0.15) is 23.1 Å². The molecule has 4 rings (SSSR count). The third-order valence-electron chi connectivity index (χ3n) is 5.25. The summed E-state index contributed by atoms with van der Waals surface area (Å²) in [6, 6.07) is 12.8. The Morgan fingerprint density at radius 3 is 2.21 bits per heavy atom. The first-order valence-corrected chi connectivity index (χ1v) is 10.6. The van der Waals surface area contributed by atoms with Crippen molar-refractivity contribution in [3.05, 3.63) is 65.4 Å². The third kappa shape index (κ3) is 4.67. The van der Waals surface area contributed by atoms with E-state index in [1.54, 1.807) is 18.2 Å². The number of hydrogen-bond donors (Lipinski definition) is 0. The van der Waals surface area contributed by atoms with Gasteiger partial charge in [0.05, 0.1) is 5.69 Å². The third-order valence-corrected chi connectivity index (χ3v) is 5.25. The molecule has 8 nitrogen and oxygen atoms in total. The van der Waals surface area contributed by atoms with Gasteiger partial charge in [0.25, 0.3) is 0 Å². The molecule has 0 N–H and O–H groups in total. The number of esters is 3. The molecule has 0 saturated heterocycles. The van der Waals surface area contributed by atoms with E-state index in [1.165, 1.54) is 27.9 Å². The van der Waals surface area contributed by atoms with Crippen LogP contribution in [0.5, 0.6) is 11.5 Å². The molecule has 0 aliphatic heterocycles. The van der Waals surface area contributed by atoms with E-state index in [1.807, 2.05) is 30.3 Å². The van der Waals surface area contributed by atoms with Crippen molar-refractivity contribution in [2.24, 2.45) is 0 Å². The topological polar surface area (TPSA) is 101 Å². The molecule has 0 fully saturated rings. The Kier molecular flexibility index (Phi) is 6.43. The molecule has 174 valence electrons. The molecule has 0 saturated carbocycles. The summed E-state index contributed by atoms with van der Waals surface area (Å²) in [7, 11) is 1.51. The van der Waals surface area contributed by atoms with Crippen molar-refractivity contribution in [1.82, 2.24) is 4.98 Å². The average molecular weight is 461 g/mol. The lowest BCUT2D eigenvalue weighted by Gasteiger charge is -2.26. The zero-order valence-corrected chi connectivity index (χ0v) is 19.2. The van der Waals surface area contributed by atoms with Crippen LogP contribution in [0.3, 0.4) is 0 Å². The van der Waals surface area contributed by atoms with Crippen LogP contribution in [0.25, 0.3) is 22.2 Å². The minimum absolute atomic E-state index is 0.188. The number of methoxy groups -OCH3 is 1. The first kappa shape index (κ1) is 23.1. The highest BCUT2D eigenvalue weighted by Gasteiger charge is 2.29. The van der Waals surface area contributed by atoms with E-state index in [2.05, 4.69) is 0 Å². The lowest BCUT2D eigenvalue weighted by molar-refractivity contribution is -0.137. The molecule has 2 aromatic carbocycles. The van der Waals surface area contributed by atoms with Crippen molar-refractivity contribution < 1.29 is 33.3 Å². The number of carbonyl (C=O) groups excluding carboxylic acids is 3. The predicted molar refractivity (Wildman–Crippen MR) is 123 cm³/mol. The molecule has 1 unspecified atom stereocenters. The Hall–Kier alpha value is -4.04. The standard InChI is InChI=1S/C26H23NO7/c1-14(28)32-18-10-20-19(23(11-18)31-4)12-21-24(33-15(2)29)13-22(17-8-6-5-7-9-17)27-25(21)26(20)34-16(3)30/h5-9,11-13,23H,10H2,1-4H3. The summed E-state index contributed by atoms with van der Waals surface area (Å²) < 4.78 is 22.1. The highest BCUT2D eigenvalue weighted by molar-refractivity contribution is 5.97. The number of allylic oxidation sites excluding steroid dienone is 1. The number of pyridine rings is 1. The maximum absolute atomic E-state index is 12.1. The first-order valence-electron chi connectivity index (χ1n) is 10.6. The van der Waals surface area contributed by atoms with Crippen molar-refractivity contribution in [3.63, 3.8) is 0 Å². The SMILES string of the molecule is COC1C=C(OC(C)=O)Cc2c1cc1c(OC(C)=O)cc(-c3ccccc3)nc1c2OC(C)=O. The highest BCUT2D eigenvalue weighted by atomic mass is 16.5. The second kappa shape index (κ2) is 9.44. The van der Waals surface area contributed by atoms with E-state index in [9.17, 15) is 14.4 Å². The van der Waals surface area contributed by atoms with Gasteiger partial charge >= 0.3 is 17.9 Å². The molecule has 34 heavy (non-hydrogen) atoms. The van der Waals surface area contributed by atoms with Crippen molar-refractivity contribution >= 4 is 28.8 Å². The van der Waals surface area contributed by atoms with Crippen LogP contribution in [-0.4, -0.2) is 30.0 Å². The van der Waals surface area contributed by atoms with Crippen molar-refractivity contribution in [1.29, 1.82) is 0 Å². The molecule has 0 radical (unpaired) electrons. The van der Waals surface area contributed by atoms with Gasteiger partial charge in [-0.05, 0) is 17.7 Å². The van der Waals surface area contributed by atoms with Crippen LogP contribution in [0.15, 0.2) is 54.3 Å². The molecular weight excluding hydrogens is 438 g/mol. The predicted octanol–water partition coefficient (Wildman–Crippen LogP) is 4.44. The molecular formula is C26H23NO7. The van der Waals surface area contributed by atoms with Crippen LogP contribution in [0.1, 0.15) is 38.0 Å². The minimum Gasteiger partial charge on any atom is -0.431 e. The van der Waals surface area contributed by atoms with Gasteiger partial charge in [0.2, 0.25) is 0 Å². The van der Waals surface area contributed by atoms with Crippen LogP contribution >= 0.6 is 0 Å². The van der Waals surface area contributed by atoms with Crippen molar-refractivity contribution in [2.75, 3.05) is 7.11 Å². The van der Waals surface area contributed by atoms with Gasteiger partial charge in [0.15, 0.2) is 5.75 Å². The molecule has 0 amide bonds. The molecule has 0 bridgehead atoms. The summed E-state index contributed by atoms with van der Waals surface area (Å²) in [5.41, 5.74) is 2.95. The Morgan fingerprint density at radius 1 is 0.912 bits per heavy atom. The van der Waals surface area contributed by atoms with Crippen molar-refractivity contribution in [3.8, 4) is 22.8 Å². The highest BCUT2D eigenvalue weighted by Crippen LogP contribution is 2.44. The fourth-order valence-electron chi connectivity index (χ4n) is 3.99. The maximum atomic E-state index is 12.1. The molecule has 1 heterocycles. The van der Waals surface area contributed by atoms with Crippen LogP contribution in [0, 0.1) is 0 Å². The van der Waals surface area contributed by atoms with Crippen LogP contribution < -0.4 is 9.47 Å². The van der Waals surface area contributed by atoms with Crippen LogP contribution in [-0.2, 0) is 30.3 Å². The summed E-state index contributed by atoms with van der Waals surface area (Å²) in [4.78, 5) is 40.4. The number of nitrogens with zero attached hydrogens (tertiary/aromatic N) is 1. The molecule has 1 aromatic heterocycles. The Labute approximate surface area is 196 Å². The minimum atomic E-state index is -0.587. The number of carbonyl (C=O) groups is 3. The van der Waals surface area contributed by atoms with E-state index in [0.29, 0.717) is 33.5 Å². The van der Waals surface area contributed by atoms with Crippen LogP contribution in [0.2, 0.25) is 0 Å². The number of benzene rings is 2. The Bertz CT molecular complexity index is 1330. The quantitative estimate of drug-likeness (QED) is 0.406. The molecule has 3 aromatic rings. The average Bonchev–Trinajstić information content (AvgIpc) is 2.78. The lowest BCUT2D eigenvalue weighted by atomic mass is 9.90. The molecule has 1 atom stereocenters. The normalized spacial score (nSPS) is 14.7. The van der Waals surface area contributed by atoms with Gasteiger partial charge in [-0.1, -0.05) is 30.3 Å². The van der Waals surface area contributed by atoms with Gasteiger partial charge in [-0.3, -0.25) is 14.4 Å². The number of aromatic nitrogens is 1. The van der Waals surface area contributed by atoms with Gasteiger partial charge < -0.3 is 18.9 Å². The van der Waals surface area contributed by atoms with E-state index in [0.717, 1.165) is 5.56 Å². The van der Waals surface area contributed by atoms with Crippen molar-refractivity contribution in [2.45, 2.75) is 33.3 Å². The summed E-state index contributed by atoms with van der Waals surface area (Å²) in [5.74, 6) is -0.671. The lowest BCUT2D eigenvalue weighted by Crippen LogP contribution is -2.17. The number of rotatable bonds is 5. The van der Waals surface area contributed by atoms with E-state index in [-0.39, 0.29) is 17.9 Å². The number of fused-ring (bicyclic) bond motifs is 2. The monoisotopic (exact) mass is 461 g/mol. The van der Waals surface area contributed by atoms with Gasteiger partial charge in [-0.2, -0.15) is 0 Å². The van der Waals surface area contributed by atoms with E-state index < -0.39 is 24.0 Å². The summed E-state index contributed by atoms with van der Waals surface area (Å²) in [6.07, 6.45) is 1.29.